The quantitative estimate of drug-likeness (QED) is 0.555. The first kappa shape index (κ1) is 16.2. The number of benzene rings is 1. The van der Waals surface area contributed by atoms with Gasteiger partial charge in [0.05, 0.1) is 0 Å². The SMILES string of the molecule is CCCCCC(CC=O)NC(=O)OCc1ccccc1. The summed E-state index contributed by atoms with van der Waals surface area (Å²) in [4.78, 5) is 22.3. The van der Waals surface area contributed by atoms with Crippen molar-refractivity contribution in [1.82, 2.24) is 5.32 Å². The highest BCUT2D eigenvalue weighted by Crippen LogP contribution is 2.07. The second-order valence-corrected chi connectivity index (χ2v) is 4.80. The first-order valence-electron chi connectivity index (χ1n) is 7.17. The van der Waals surface area contributed by atoms with E-state index in [1.54, 1.807) is 0 Å². The normalized spacial score (nSPS) is 11.7. The van der Waals surface area contributed by atoms with Crippen molar-refractivity contribution in [3.05, 3.63) is 35.9 Å². The Morgan fingerprint density at radius 2 is 2.05 bits per heavy atom. The fourth-order valence-corrected chi connectivity index (χ4v) is 1.94. The van der Waals surface area contributed by atoms with E-state index in [0.29, 0.717) is 6.42 Å². The molecule has 1 amide bonds. The van der Waals surface area contributed by atoms with Crippen LogP contribution in [0, 0.1) is 0 Å². The molecule has 0 radical (unpaired) electrons. The highest BCUT2D eigenvalue weighted by atomic mass is 16.5. The number of ether oxygens (including phenoxy) is 1. The maximum absolute atomic E-state index is 11.7. The van der Waals surface area contributed by atoms with Crippen LogP contribution in [0.3, 0.4) is 0 Å². The van der Waals surface area contributed by atoms with Crippen molar-refractivity contribution in [3.63, 3.8) is 0 Å². The Morgan fingerprint density at radius 1 is 1.30 bits per heavy atom. The lowest BCUT2D eigenvalue weighted by Gasteiger charge is -2.16. The molecule has 1 aromatic rings. The molecule has 1 atom stereocenters. The van der Waals surface area contributed by atoms with E-state index in [1.165, 1.54) is 0 Å². The second-order valence-electron chi connectivity index (χ2n) is 4.80. The minimum atomic E-state index is -0.461. The van der Waals surface area contributed by atoms with E-state index < -0.39 is 6.09 Å². The Morgan fingerprint density at radius 3 is 2.70 bits per heavy atom. The summed E-state index contributed by atoms with van der Waals surface area (Å²) in [5.74, 6) is 0. The van der Waals surface area contributed by atoms with Gasteiger partial charge in [-0.25, -0.2) is 4.79 Å². The fraction of sp³-hybridized carbons (Fsp3) is 0.500. The third-order valence-electron chi connectivity index (χ3n) is 3.07. The van der Waals surface area contributed by atoms with Gasteiger partial charge in [0.1, 0.15) is 12.9 Å². The largest absolute Gasteiger partial charge is 0.445 e. The maximum atomic E-state index is 11.7. The number of carbonyl (C=O) groups is 2. The van der Waals surface area contributed by atoms with Gasteiger partial charge in [0.25, 0.3) is 0 Å². The first-order chi connectivity index (χ1) is 9.76. The average molecular weight is 277 g/mol. The molecule has 0 aromatic heterocycles. The summed E-state index contributed by atoms with van der Waals surface area (Å²) in [5, 5.41) is 2.75. The summed E-state index contributed by atoms with van der Waals surface area (Å²) in [6.45, 7) is 2.37. The molecule has 0 aliphatic heterocycles. The summed E-state index contributed by atoms with van der Waals surface area (Å²) in [6, 6.07) is 9.39. The zero-order chi connectivity index (χ0) is 14.6. The number of amides is 1. The minimum Gasteiger partial charge on any atom is -0.445 e. The predicted molar refractivity (Wildman–Crippen MR) is 78.4 cm³/mol. The van der Waals surface area contributed by atoms with E-state index in [-0.39, 0.29) is 12.6 Å². The van der Waals surface area contributed by atoms with E-state index in [2.05, 4.69) is 12.2 Å². The van der Waals surface area contributed by atoms with Crippen molar-refractivity contribution in [2.45, 2.75) is 51.7 Å². The molecule has 1 N–H and O–H groups in total. The van der Waals surface area contributed by atoms with Gasteiger partial charge >= 0.3 is 6.09 Å². The Hall–Kier alpha value is -1.84. The lowest BCUT2D eigenvalue weighted by molar-refractivity contribution is -0.108. The van der Waals surface area contributed by atoms with Gasteiger partial charge in [0, 0.05) is 12.5 Å². The zero-order valence-electron chi connectivity index (χ0n) is 12.0. The van der Waals surface area contributed by atoms with Crippen LogP contribution in [0.15, 0.2) is 30.3 Å². The van der Waals surface area contributed by atoms with E-state index in [9.17, 15) is 9.59 Å². The topological polar surface area (TPSA) is 55.4 Å². The van der Waals surface area contributed by atoms with Gasteiger partial charge in [-0.15, -0.1) is 0 Å². The lowest BCUT2D eigenvalue weighted by Crippen LogP contribution is -2.35. The first-order valence-corrected chi connectivity index (χ1v) is 7.17. The molecule has 4 heteroatoms. The monoisotopic (exact) mass is 277 g/mol. The molecule has 110 valence electrons. The molecule has 20 heavy (non-hydrogen) atoms. The molecule has 0 fully saturated rings. The smallest absolute Gasteiger partial charge is 0.407 e. The molecule has 0 saturated carbocycles. The van der Waals surface area contributed by atoms with Crippen LogP contribution in [-0.2, 0) is 16.1 Å². The van der Waals surface area contributed by atoms with Crippen LogP contribution < -0.4 is 5.32 Å². The average Bonchev–Trinajstić information content (AvgIpc) is 2.47. The Balaban J connectivity index is 2.31. The van der Waals surface area contributed by atoms with Crippen molar-refractivity contribution in [3.8, 4) is 0 Å². The lowest BCUT2D eigenvalue weighted by atomic mass is 10.1. The van der Waals surface area contributed by atoms with Gasteiger partial charge in [0.15, 0.2) is 0 Å². The van der Waals surface area contributed by atoms with Gasteiger partial charge < -0.3 is 14.8 Å². The number of nitrogens with one attached hydrogen (secondary N) is 1. The highest BCUT2D eigenvalue weighted by molar-refractivity contribution is 5.68. The highest BCUT2D eigenvalue weighted by Gasteiger charge is 2.12. The van der Waals surface area contributed by atoms with Gasteiger partial charge in [-0.2, -0.15) is 0 Å². The summed E-state index contributed by atoms with van der Waals surface area (Å²) in [6.07, 6.45) is 4.76. The van der Waals surface area contributed by atoms with Crippen molar-refractivity contribution in [2.24, 2.45) is 0 Å². The van der Waals surface area contributed by atoms with Crippen LogP contribution in [0.1, 0.15) is 44.6 Å². The molecule has 0 aliphatic rings. The summed E-state index contributed by atoms with van der Waals surface area (Å²) < 4.78 is 5.15. The Bertz CT molecular complexity index is 392. The summed E-state index contributed by atoms with van der Waals surface area (Å²) >= 11 is 0. The van der Waals surface area contributed by atoms with Crippen molar-refractivity contribution < 1.29 is 14.3 Å². The van der Waals surface area contributed by atoms with Crippen molar-refractivity contribution in [2.75, 3.05) is 0 Å². The van der Waals surface area contributed by atoms with Gasteiger partial charge in [-0.1, -0.05) is 56.5 Å². The number of rotatable bonds is 9. The van der Waals surface area contributed by atoms with Crippen LogP contribution in [-0.4, -0.2) is 18.4 Å². The molecular formula is C16H23NO3. The molecule has 0 aliphatic carbocycles. The number of unbranched alkanes of at least 4 members (excludes halogenated alkanes) is 2. The molecule has 0 saturated heterocycles. The standard InChI is InChI=1S/C16H23NO3/c1-2-3-5-10-15(11-12-18)17-16(19)20-13-14-8-6-4-7-9-14/h4,6-9,12,15H,2-3,5,10-11,13H2,1H3,(H,17,19). The third kappa shape index (κ3) is 6.92. The molecule has 0 heterocycles. The van der Waals surface area contributed by atoms with Crippen molar-refractivity contribution in [1.29, 1.82) is 0 Å². The predicted octanol–water partition coefficient (Wildman–Crippen LogP) is 3.45. The van der Waals surface area contributed by atoms with Crippen molar-refractivity contribution >= 4 is 12.4 Å². The van der Waals surface area contributed by atoms with E-state index >= 15 is 0 Å². The molecular weight excluding hydrogens is 254 g/mol. The van der Waals surface area contributed by atoms with Crippen LogP contribution in [0.5, 0.6) is 0 Å². The van der Waals surface area contributed by atoms with Crippen LogP contribution in [0.2, 0.25) is 0 Å². The Labute approximate surface area is 120 Å². The van der Waals surface area contributed by atoms with E-state index in [4.69, 9.17) is 4.74 Å². The molecule has 1 rings (SSSR count). The zero-order valence-corrected chi connectivity index (χ0v) is 12.0. The number of alkyl carbamates (subject to hydrolysis) is 1. The third-order valence-corrected chi connectivity index (χ3v) is 3.07. The molecule has 0 spiro atoms. The van der Waals surface area contributed by atoms with Gasteiger partial charge in [0.2, 0.25) is 0 Å². The molecule has 0 bridgehead atoms. The fourth-order valence-electron chi connectivity index (χ4n) is 1.94. The molecule has 1 aromatic carbocycles. The van der Waals surface area contributed by atoms with Gasteiger partial charge in [-0.3, -0.25) is 0 Å². The number of aldehydes is 1. The molecule has 1 unspecified atom stereocenters. The van der Waals surface area contributed by atoms with Gasteiger partial charge in [-0.05, 0) is 12.0 Å². The van der Waals surface area contributed by atoms with Crippen LogP contribution in [0.4, 0.5) is 4.79 Å². The summed E-state index contributed by atoms with van der Waals surface area (Å²) in [7, 11) is 0. The molecule has 4 nitrogen and oxygen atoms in total. The summed E-state index contributed by atoms with van der Waals surface area (Å²) in [5.41, 5.74) is 0.945. The van der Waals surface area contributed by atoms with Crippen LogP contribution >= 0.6 is 0 Å². The minimum absolute atomic E-state index is 0.123. The number of hydrogen-bond acceptors (Lipinski definition) is 3. The second kappa shape index (κ2) is 10.0. The van der Waals surface area contributed by atoms with E-state index in [0.717, 1.165) is 37.5 Å². The van der Waals surface area contributed by atoms with E-state index in [1.807, 2.05) is 30.3 Å². The van der Waals surface area contributed by atoms with Crippen LogP contribution in [0.25, 0.3) is 0 Å². The number of carbonyl (C=O) groups excluding carboxylic acids is 2. The number of hydrogen-bond donors (Lipinski definition) is 1. The Kier molecular flexibility index (Phi) is 8.11. The maximum Gasteiger partial charge on any atom is 0.407 e.